The first-order valence-corrected chi connectivity index (χ1v) is 9.04. The smallest absolute Gasteiger partial charge is 0.181 e. The Morgan fingerprint density at radius 3 is 2.58 bits per heavy atom. The third-order valence-corrected chi connectivity index (χ3v) is 4.97. The van der Waals surface area contributed by atoms with Gasteiger partial charge in [0.2, 0.25) is 0 Å². The maximum atomic E-state index is 4.70. The standard InChI is InChI=1S/C20H20N6/c1-2-6-14(7-3-1)19-16-12-15(8-9-17(16)22-24-19)20-21-18(23-25-20)13-26-10-4-5-11-26/h1-3,6-9,12H,4-5,10-11,13H2,(H,22,24)(H,21,23,25). The van der Waals surface area contributed by atoms with Gasteiger partial charge in [-0.2, -0.15) is 10.2 Å². The molecule has 6 nitrogen and oxygen atoms in total. The van der Waals surface area contributed by atoms with E-state index in [1.165, 1.54) is 12.8 Å². The fourth-order valence-electron chi connectivity index (χ4n) is 3.62. The first-order valence-electron chi connectivity index (χ1n) is 9.04. The van der Waals surface area contributed by atoms with Gasteiger partial charge in [0.15, 0.2) is 5.82 Å². The molecular formula is C20H20N6. The minimum atomic E-state index is 0.737. The number of fused-ring (bicyclic) bond motifs is 1. The van der Waals surface area contributed by atoms with Gasteiger partial charge in [0.25, 0.3) is 0 Å². The van der Waals surface area contributed by atoms with Crippen molar-refractivity contribution in [3.63, 3.8) is 0 Å². The van der Waals surface area contributed by atoms with E-state index in [1.54, 1.807) is 0 Å². The van der Waals surface area contributed by atoms with E-state index in [9.17, 15) is 0 Å². The number of likely N-dealkylation sites (tertiary alicyclic amines) is 1. The monoisotopic (exact) mass is 344 g/mol. The molecule has 4 aromatic rings. The molecule has 0 amide bonds. The van der Waals surface area contributed by atoms with Gasteiger partial charge in [-0.25, -0.2) is 4.98 Å². The fourth-order valence-corrected chi connectivity index (χ4v) is 3.62. The second kappa shape index (κ2) is 6.38. The molecule has 5 rings (SSSR count). The van der Waals surface area contributed by atoms with Crippen LogP contribution in [-0.2, 0) is 6.54 Å². The molecule has 0 spiro atoms. The highest BCUT2D eigenvalue weighted by Gasteiger charge is 2.15. The highest BCUT2D eigenvalue weighted by Crippen LogP contribution is 2.29. The first-order chi connectivity index (χ1) is 12.9. The van der Waals surface area contributed by atoms with E-state index < -0.39 is 0 Å². The molecule has 1 aliphatic heterocycles. The largest absolute Gasteiger partial charge is 0.296 e. The molecule has 26 heavy (non-hydrogen) atoms. The summed E-state index contributed by atoms with van der Waals surface area (Å²) in [5, 5.41) is 16.2. The number of benzene rings is 2. The summed E-state index contributed by atoms with van der Waals surface area (Å²) in [6.07, 6.45) is 2.56. The van der Waals surface area contributed by atoms with Crippen LogP contribution in [0.4, 0.5) is 0 Å². The third-order valence-electron chi connectivity index (χ3n) is 4.97. The van der Waals surface area contributed by atoms with Crippen molar-refractivity contribution in [2.24, 2.45) is 0 Å². The van der Waals surface area contributed by atoms with Gasteiger partial charge in [-0.15, -0.1) is 0 Å². The van der Waals surface area contributed by atoms with Gasteiger partial charge in [0.05, 0.1) is 17.8 Å². The number of aromatic amines is 2. The van der Waals surface area contributed by atoms with E-state index in [-0.39, 0.29) is 0 Å². The Kier molecular flexibility index (Phi) is 3.75. The molecule has 0 saturated carbocycles. The van der Waals surface area contributed by atoms with Crippen molar-refractivity contribution in [2.75, 3.05) is 13.1 Å². The van der Waals surface area contributed by atoms with Crippen LogP contribution >= 0.6 is 0 Å². The Balaban J connectivity index is 1.48. The number of rotatable bonds is 4. The van der Waals surface area contributed by atoms with Gasteiger partial charge < -0.3 is 0 Å². The lowest BCUT2D eigenvalue weighted by molar-refractivity contribution is 0.323. The maximum absolute atomic E-state index is 4.70. The lowest BCUT2D eigenvalue weighted by Gasteiger charge is -2.11. The van der Waals surface area contributed by atoms with E-state index in [0.717, 1.165) is 59.0 Å². The molecule has 2 aromatic carbocycles. The summed E-state index contributed by atoms with van der Waals surface area (Å²) in [6.45, 7) is 3.14. The van der Waals surface area contributed by atoms with Gasteiger partial charge in [-0.05, 0) is 44.1 Å². The van der Waals surface area contributed by atoms with E-state index >= 15 is 0 Å². The Morgan fingerprint density at radius 2 is 1.73 bits per heavy atom. The Labute approximate surface area is 151 Å². The highest BCUT2D eigenvalue weighted by molar-refractivity contribution is 5.95. The van der Waals surface area contributed by atoms with Crippen molar-refractivity contribution in [3.8, 4) is 22.6 Å². The predicted octanol–water partition coefficient (Wildman–Crippen LogP) is 3.61. The van der Waals surface area contributed by atoms with Crippen LogP contribution in [-0.4, -0.2) is 43.4 Å². The Bertz CT molecular complexity index is 1030. The molecule has 1 fully saturated rings. The summed E-state index contributed by atoms with van der Waals surface area (Å²) < 4.78 is 0. The molecule has 0 bridgehead atoms. The molecule has 0 atom stereocenters. The summed E-state index contributed by atoms with van der Waals surface area (Å²) in [6, 6.07) is 16.4. The average Bonchev–Trinajstić information content (AvgIpc) is 3.43. The third kappa shape index (κ3) is 2.78. The van der Waals surface area contributed by atoms with E-state index in [4.69, 9.17) is 4.98 Å². The zero-order valence-electron chi connectivity index (χ0n) is 14.4. The van der Waals surface area contributed by atoms with Crippen LogP contribution in [0.3, 0.4) is 0 Å². The summed E-state index contributed by atoms with van der Waals surface area (Å²) in [5.74, 6) is 1.67. The van der Waals surface area contributed by atoms with Crippen molar-refractivity contribution in [1.82, 2.24) is 30.3 Å². The maximum Gasteiger partial charge on any atom is 0.181 e. The van der Waals surface area contributed by atoms with Crippen molar-refractivity contribution in [3.05, 3.63) is 54.4 Å². The van der Waals surface area contributed by atoms with Crippen molar-refractivity contribution >= 4 is 10.9 Å². The molecule has 0 aliphatic carbocycles. The number of hydrogen-bond acceptors (Lipinski definition) is 4. The van der Waals surface area contributed by atoms with Crippen molar-refractivity contribution in [1.29, 1.82) is 0 Å². The van der Waals surface area contributed by atoms with Gasteiger partial charge in [0, 0.05) is 16.5 Å². The van der Waals surface area contributed by atoms with Crippen molar-refractivity contribution < 1.29 is 0 Å². The lowest BCUT2D eigenvalue weighted by Crippen LogP contribution is -2.19. The van der Waals surface area contributed by atoms with Gasteiger partial charge in [-0.3, -0.25) is 15.1 Å². The molecule has 130 valence electrons. The molecule has 0 unspecified atom stereocenters. The number of nitrogens with zero attached hydrogens (tertiary/aromatic N) is 4. The zero-order chi connectivity index (χ0) is 17.3. The minimum absolute atomic E-state index is 0.737. The summed E-state index contributed by atoms with van der Waals surface area (Å²) >= 11 is 0. The Morgan fingerprint density at radius 1 is 0.885 bits per heavy atom. The lowest BCUT2D eigenvalue weighted by atomic mass is 10.1. The van der Waals surface area contributed by atoms with Gasteiger partial charge in [-0.1, -0.05) is 30.3 Å². The molecule has 2 N–H and O–H groups in total. The molecule has 1 aliphatic rings. The molecule has 3 heterocycles. The first kappa shape index (κ1) is 15.3. The normalized spacial score (nSPS) is 15.1. The van der Waals surface area contributed by atoms with Crippen LogP contribution in [0.2, 0.25) is 0 Å². The Hall–Kier alpha value is -2.99. The van der Waals surface area contributed by atoms with Crippen LogP contribution in [0, 0.1) is 0 Å². The summed E-state index contributed by atoms with van der Waals surface area (Å²) in [7, 11) is 0. The quantitative estimate of drug-likeness (QED) is 0.593. The van der Waals surface area contributed by atoms with Crippen LogP contribution in [0.5, 0.6) is 0 Å². The minimum Gasteiger partial charge on any atom is -0.296 e. The molecule has 2 aromatic heterocycles. The average molecular weight is 344 g/mol. The van der Waals surface area contributed by atoms with Crippen LogP contribution in [0.15, 0.2) is 48.5 Å². The second-order valence-electron chi connectivity index (χ2n) is 6.79. The number of aromatic nitrogens is 5. The van der Waals surface area contributed by atoms with E-state index in [1.807, 2.05) is 30.3 Å². The van der Waals surface area contributed by atoms with Crippen LogP contribution < -0.4 is 0 Å². The molecule has 1 saturated heterocycles. The molecule has 6 heteroatoms. The molecule has 0 radical (unpaired) electrons. The van der Waals surface area contributed by atoms with E-state index in [2.05, 4.69) is 43.5 Å². The van der Waals surface area contributed by atoms with Gasteiger partial charge in [0.1, 0.15) is 5.82 Å². The zero-order valence-corrected chi connectivity index (χ0v) is 14.4. The van der Waals surface area contributed by atoms with Crippen LogP contribution in [0.25, 0.3) is 33.5 Å². The fraction of sp³-hybridized carbons (Fsp3) is 0.250. The van der Waals surface area contributed by atoms with Crippen LogP contribution in [0.1, 0.15) is 18.7 Å². The predicted molar refractivity (Wildman–Crippen MR) is 101 cm³/mol. The molecular weight excluding hydrogens is 324 g/mol. The summed E-state index contributed by atoms with van der Waals surface area (Å²) in [5.41, 5.74) is 4.07. The number of H-pyrrole nitrogens is 2. The number of nitrogens with one attached hydrogen (secondary N) is 2. The highest BCUT2D eigenvalue weighted by atomic mass is 15.3. The summed E-state index contributed by atoms with van der Waals surface area (Å²) in [4.78, 5) is 7.11. The van der Waals surface area contributed by atoms with Crippen molar-refractivity contribution in [2.45, 2.75) is 19.4 Å². The number of hydrogen-bond donors (Lipinski definition) is 2. The SMILES string of the molecule is c1ccc(-c2n[nH]c3ccc(-c4n[nH]c(CN5CCCC5)n4)cc23)cc1. The topological polar surface area (TPSA) is 73.5 Å². The van der Waals surface area contributed by atoms with Gasteiger partial charge >= 0.3 is 0 Å². The second-order valence-corrected chi connectivity index (χ2v) is 6.79. The van der Waals surface area contributed by atoms with E-state index in [0.29, 0.717) is 0 Å².